The van der Waals surface area contributed by atoms with Gasteiger partial charge < -0.3 is 9.94 Å². The Hall–Kier alpha value is -1.76. The Morgan fingerprint density at radius 3 is 3.16 bits per heavy atom. The van der Waals surface area contributed by atoms with E-state index in [4.69, 9.17) is 4.74 Å². The highest BCUT2D eigenvalue weighted by Gasteiger charge is 2.21. The number of aromatic nitrogens is 3. The van der Waals surface area contributed by atoms with Crippen molar-refractivity contribution in [1.29, 1.82) is 0 Å². The number of hydrogen-bond acceptors (Lipinski definition) is 6. The largest absolute Gasteiger partial charge is 0.450 e. The van der Waals surface area contributed by atoms with E-state index in [0.29, 0.717) is 16.5 Å². The van der Waals surface area contributed by atoms with E-state index in [0.717, 1.165) is 24.2 Å². The van der Waals surface area contributed by atoms with Gasteiger partial charge in [0.2, 0.25) is 0 Å². The lowest BCUT2D eigenvalue weighted by Gasteiger charge is -2.01. The van der Waals surface area contributed by atoms with Crippen molar-refractivity contribution in [3.63, 3.8) is 0 Å². The fourth-order valence-corrected chi connectivity index (χ4v) is 2.36. The average molecular weight is 281 g/mol. The van der Waals surface area contributed by atoms with Crippen LogP contribution in [0.1, 0.15) is 25.3 Å². The first-order valence-electron chi connectivity index (χ1n) is 6.05. The molecule has 0 unspecified atom stereocenters. The first-order valence-corrected chi connectivity index (χ1v) is 7.04. The summed E-state index contributed by atoms with van der Waals surface area (Å²) in [5, 5.41) is 15.4. The van der Waals surface area contributed by atoms with Crippen LogP contribution in [-0.2, 0) is 6.61 Å². The minimum absolute atomic E-state index is 0.236. The number of rotatable bonds is 7. The molecule has 0 aliphatic heterocycles. The van der Waals surface area contributed by atoms with E-state index in [1.165, 1.54) is 11.8 Å². The van der Waals surface area contributed by atoms with Crippen LogP contribution in [0.15, 0.2) is 34.2 Å². The zero-order valence-electron chi connectivity index (χ0n) is 10.6. The highest BCUT2D eigenvalue weighted by atomic mass is 32.2. The van der Waals surface area contributed by atoms with Crippen LogP contribution in [0.4, 0.5) is 0 Å². The molecule has 0 amide bonds. The normalized spacial score (nSPS) is 10.6. The van der Waals surface area contributed by atoms with Gasteiger partial charge in [0, 0.05) is 23.7 Å². The molecule has 0 radical (unpaired) electrons. The predicted molar refractivity (Wildman–Crippen MR) is 69.7 cm³/mol. The maximum atomic E-state index is 11.4. The maximum Gasteiger partial charge on any atom is 0.409 e. The van der Waals surface area contributed by atoms with Crippen molar-refractivity contribution in [2.45, 2.75) is 31.4 Å². The van der Waals surface area contributed by atoms with Gasteiger partial charge in [-0.25, -0.2) is 0 Å². The van der Waals surface area contributed by atoms with Crippen LogP contribution in [0.25, 0.3) is 0 Å². The molecular formula is C12H15N3O3S. The Morgan fingerprint density at radius 1 is 1.53 bits per heavy atom. The fraction of sp³-hybridized carbons (Fsp3) is 0.417. The van der Waals surface area contributed by atoms with Gasteiger partial charge in [-0.15, -0.1) is 0 Å². The van der Waals surface area contributed by atoms with E-state index in [1.807, 2.05) is 12.1 Å². The molecular weight excluding hydrogens is 266 g/mol. The molecule has 0 N–H and O–H groups in total. The number of pyridine rings is 1. The maximum absolute atomic E-state index is 11.4. The zero-order valence-corrected chi connectivity index (χ0v) is 11.4. The van der Waals surface area contributed by atoms with Crippen LogP contribution in [0.5, 0.6) is 5.88 Å². The molecule has 0 atom stereocenters. The summed E-state index contributed by atoms with van der Waals surface area (Å²) >= 11 is 1.39. The second-order valence-corrected chi connectivity index (χ2v) is 4.98. The summed E-state index contributed by atoms with van der Waals surface area (Å²) < 4.78 is 10.1. The van der Waals surface area contributed by atoms with E-state index in [1.54, 1.807) is 12.4 Å². The minimum Gasteiger partial charge on any atom is -0.450 e. The Balaban J connectivity index is 1.96. The average Bonchev–Trinajstić information content (AvgIpc) is 2.79. The molecule has 2 rings (SSSR count). The topological polar surface area (TPSA) is 75.1 Å². The quantitative estimate of drug-likeness (QED) is 0.440. The van der Waals surface area contributed by atoms with Crippen molar-refractivity contribution in [3.8, 4) is 5.88 Å². The monoisotopic (exact) mass is 281 g/mol. The van der Waals surface area contributed by atoms with Crippen molar-refractivity contribution >= 4 is 11.8 Å². The molecule has 19 heavy (non-hydrogen) atoms. The van der Waals surface area contributed by atoms with Crippen molar-refractivity contribution in [2.24, 2.45) is 0 Å². The van der Waals surface area contributed by atoms with Gasteiger partial charge in [-0.05, 0) is 17.4 Å². The second kappa shape index (κ2) is 6.98. The summed E-state index contributed by atoms with van der Waals surface area (Å²) in [7, 11) is 0. The molecule has 6 nitrogen and oxygen atoms in total. The summed E-state index contributed by atoms with van der Waals surface area (Å²) in [6, 6.07) is 3.72. The van der Waals surface area contributed by atoms with Gasteiger partial charge in [-0.3, -0.25) is 9.61 Å². The molecule has 0 aromatic carbocycles. The third kappa shape index (κ3) is 3.85. The Bertz CT molecular complexity index is 504. The van der Waals surface area contributed by atoms with Gasteiger partial charge in [-0.1, -0.05) is 31.2 Å². The van der Waals surface area contributed by atoms with Gasteiger partial charge >= 0.3 is 5.88 Å². The number of ether oxygens (including phenoxy) is 1. The van der Waals surface area contributed by atoms with E-state index < -0.39 is 0 Å². The van der Waals surface area contributed by atoms with Gasteiger partial charge in [0.25, 0.3) is 5.03 Å². The molecule has 7 heteroatoms. The highest BCUT2D eigenvalue weighted by molar-refractivity contribution is 7.99. The zero-order chi connectivity index (χ0) is 13.5. The molecule has 0 spiro atoms. The lowest BCUT2D eigenvalue weighted by Crippen LogP contribution is -2.25. The number of unbranched alkanes of at least 4 members (excludes halogenated alkanes) is 1. The molecule has 0 fully saturated rings. The summed E-state index contributed by atoms with van der Waals surface area (Å²) in [4.78, 5) is 4.38. The van der Waals surface area contributed by atoms with Crippen molar-refractivity contribution in [1.82, 2.24) is 10.1 Å². The lowest BCUT2D eigenvalue weighted by molar-refractivity contribution is -0.831. The van der Waals surface area contributed by atoms with Gasteiger partial charge in [0.05, 0.1) is 5.16 Å². The Kier molecular flexibility index (Phi) is 5.02. The van der Waals surface area contributed by atoms with Crippen LogP contribution < -0.4 is 9.64 Å². The number of nitrogens with zero attached hydrogens (tertiary/aromatic N) is 3. The minimum atomic E-state index is 0.236. The molecule has 0 saturated carbocycles. The molecule has 2 aromatic heterocycles. The van der Waals surface area contributed by atoms with E-state index in [2.05, 4.69) is 21.7 Å². The van der Waals surface area contributed by atoms with E-state index in [9.17, 15) is 5.21 Å². The van der Waals surface area contributed by atoms with Crippen molar-refractivity contribution in [3.05, 3.63) is 35.3 Å². The molecule has 102 valence electrons. The Labute approximate surface area is 115 Å². The standard InChI is InChI=1S/C12H15N3O3S/c1-2-3-7-19-12-11(14-18-15(12)16)17-9-10-5-4-6-13-8-10/h4-6,8H,2-3,7,9H2,1H3. The van der Waals surface area contributed by atoms with E-state index in [-0.39, 0.29) is 5.88 Å². The van der Waals surface area contributed by atoms with E-state index >= 15 is 0 Å². The first kappa shape index (κ1) is 13.7. The summed E-state index contributed by atoms with van der Waals surface area (Å²) in [5.74, 6) is 1.07. The smallest absolute Gasteiger partial charge is 0.409 e. The summed E-state index contributed by atoms with van der Waals surface area (Å²) in [5.41, 5.74) is 0.910. The van der Waals surface area contributed by atoms with Crippen molar-refractivity contribution < 1.29 is 14.3 Å². The Morgan fingerprint density at radius 2 is 2.42 bits per heavy atom. The predicted octanol–water partition coefficient (Wildman–Crippen LogP) is 2.17. The number of hydrogen-bond donors (Lipinski definition) is 0. The fourth-order valence-electron chi connectivity index (χ4n) is 1.38. The van der Waals surface area contributed by atoms with Crippen LogP contribution in [0.3, 0.4) is 0 Å². The second-order valence-electron chi connectivity index (χ2n) is 3.89. The van der Waals surface area contributed by atoms with Crippen LogP contribution in [0.2, 0.25) is 0 Å². The molecule has 0 saturated heterocycles. The van der Waals surface area contributed by atoms with Crippen LogP contribution in [0, 0.1) is 5.21 Å². The SMILES string of the molecule is CCCCSc1c(OCc2cccnc2)no[n+]1[O-]. The molecule has 2 aromatic rings. The number of thioether (sulfide) groups is 1. The highest BCUT2D eigenvalue weighted by Crippen LogP contribution is 2.25. The molecule has 0 aliphatic carbocycles. The third-order valence-corrected chi connectivity index (χ3v) is 3.47. The first-order chi connectivity index (χ1) is 9.31. The third-order valence-electron chi connectivity index (χ3n) is 2.38. The summed E-state index contributed by atoms with van der Waals surface area (Å²) in [6.07, 6.45) is 5.49. The molecule has 0 aliphatic rings. The van der Waals surface area contributed by atoms with Crippen LogP contribution >= 0.6 is 11.8 Å². The van der Waals surface area contributed by atoms with Crippen LogP contribution in [-0.4, -0.2) is 15.9 Å². The van der Waals surface area contributed by atoms with Crippen molar-refractivity contribution in [2.75, 3.05) is 5.75 Å². The lowest BCUT2D eigenvalue weighted by atomic mass is 10.3. The summed E-state index contributed by atoms with van der Waals surface area (Å²) in [6.45, 7) is 2.40. The molecule has 0 bridgehead atoms. The van der Waals surface area contributed by atoms with Gasteiger partial charge in [0.1, 0.15) is 6.61 Å². The van der Waals surface area contributed by atoms with Gasteiger partial charge in [0.15, 0.2) is 0 Å². The van der Waals surface area contributed by atoms with Gasteiger partial charge in [-0.2, -0.15) is 0 Å². The molecule has 2 heterocycles.